The number of esters is 1. The molecule has 0 bridgehead atoms. The first kappa shape index (κ1) is 15.3. The summed E-state index contributed by atoms with van der Waals surface area (Å²) in [6.45, 7) is 3.55. The second-order valence-corrected chi connectivity index (χ2v) is 5.83. The van der Waals surface area contributed by atoms with E-state index in [1.54, 1.807) is 32.0 Å². The van der Waals surface area contributed by atoms with E-state index >= 15 is 0 Å². The molecule has 1 saturated carbocycles. The van der Waals surface area contributed by atoms with Crippen LogP contribution in [0.4, 0.5) is 0 Å². The van der Waals surface area contributed by atoms with Crippen molar-refractivity contribution in [2.45, 2.75) is 32.1 Å². The molecule has 1 fully saturated rings. The lowest BCUT2D eigenvalue weighted by Gasteiger charge is -2.20. The number of hydrogen-bond acceptors (Lipinski definition) is 3. The third-order valence-electron chi connectivity index (χ3n) is 3.70. The molecular formula is C15H16Cl2O3. The predicted octanol–water partition coefficient (Wildman–Crippen LogP) is 3.79. The summed E-state index contributed by atoms with van der Waals surface area (Å²) in [5.74, 6) is -1.46. The largest absolute Gasteiger partial charge is 0.465 e. The van der Waals surface area contributed by atoms with Crippen LogP contribution in [0.2, 0.25) is 10.0 Å². The van der Waals surface area contributed by atoms with Crippen LogP contribution >= 0.6 is 23.2 Å². The van der Waals surface area contributed by atoms with Crippen molar-refractivity contribution in [3.8, 4) is 0 Å². The second kappa shape index (κ2) is 5.74. The molecule has 0 amide bonds. The number of rotatable bonds is 5. The van der Waals surface area contributed by atoms with Crippen molar-refractivity contribution in [3.63, 3.8) is 0 Å². The zero-order chi connectivity index (χ0) is 14.9. The number of ketones is 1. The Morgan fingerprint density at radius 2 is 1.85 bits per heavy atom. The van der Waals surface area contributed by atoms with Crippen LogP contribution in [0.1, 0.15) is 32.3 Å². The van der Waals surface area contributed by atoms with Crippen molar-refractivity contribution < 1.29 is 14.3 Å². The number of halogens is 2. The molecule has 0 radical (unpaired) electrons. The normalized spacial score (nSPS) is 17.4. The van der Waals surface area contributed by atoms with Gasteiger partial charge in [-0.3, -0.25) is 9.59 Å². The van der Waals surface area contributed by atoms with E-state index in [2.05, 4.69) is 0 Å². The average molecular weight is 315 g/mol. The van der Waals surface area contributed by atoms with Gasteiger partial charge in [0.05, 0.1) is 12.0 Å². The summed E-state index contributed by atoms with van der Waals surface area (Å²) in [4.78, 5) is 24.4. The number of Topliss-reactive ketones (excluding diaryl/α,β-unsaturated/α-hetero) is 1. The van der Waals surface area contributed by atoms with Gasteiger partial charge in [0, 0.05) is 15.6 Å². The molecule has 2 rings (SSSR count). The summed E-state index contributed by atoms with van der Waals surface area (Å²) in [5, 5.41) is 0.943. The van der Waals surface area contributed by atoms with Crippen LogP contribution in [0.25, 0.3) is 0 Å². The Morgan fingerprint density at radius 3 is 2.30 bits per heavy atom. The Morgan fingerprint density at radius 1 is 1.30 bits per heavy atom. The molecule has 3 nitrogen and oxygen atoms in total. The molecule has 5 heteroatoms. The zero-order valence-corrected chi connectivity index (χ0v) is 12.9. The molecule has 0 saturated heterocycles. The van der Waals surface area contributed by atoms with Crippen molar-refractivity contribution in [1.82, 2.24) is 0 Å². The molecule has 0 N–H and O–H groups in total. The third kappa shape index (κ3) is 2.57. The lowest BCUT2D eigenvalue weighted by Crippen LogP contribution is -2.33. The highest BCUT2D eigenvalue weighted by atomic mass is 35.5. The standard InChI is InChI=1S/C15H16Cl2O3/c1-3-20-14(19)9(2)13(18)15(7-8-15)12-10(16)5-4-6-11(12)17/h4-6,9H,3,7-8H2,1-2H3. The summed E-state index contributed by atoms with van der Waals surface area (Å²) < 4.78 is 4.92. The quantitative estimate of drug-likeness (QED) is 0.613. The van der Waals surface area contributed by atoms with Gasteiger partial charge < -0.3 is 4.74 Å². The molecule has 1 unspecified atom stereocenters. The molecule has 0 aliphatic heterocycles. The Kier molecular flexibility index (Phi) is 4.40. The highest BCUT2D eigenvalue weighted by Crippen LogP contribution is 2.54. The van der Waals surface area contributed by atoms with E-state index < -0.39 is 17.3 Å². The second-order valence-electron chi connectivity index (χ2n) is 5.02. The van der Waals surface area contributed by atoms with Crippen molar-refractivity contribution in [2.75, 3.05) is 6.61 Å². The van der Waals surface area contributed by atoms with Crippen LogP contribution in [0.5, 0.6) is 0 Å². The van der Waals surface area contributed by atoms with Crippen molar-refractivity contribution in [2.24, 2.45) is 5.92 Å². The first-order valence-corrected chi connectivity index (χ1v) is 7.35. The first-order valence-electron chi connectivity index (χ1n) is 6.59. The van der Waals surface area contributed by atoms with Crippen LogP contribution in [0, 0.1) is 5.92 Å². The van der Waals surface area contributed by atoms with E-state index in [0.717, 1.165) is 0 Å². The maximum atomic E-state index is 12.6. The minimum Gasteiger partial charge on any atom is -0.465 e. The van der Waals surface area contributed by atoms with Gasteiger partial charge in [0.1, 0.15) is 5.92 Å². The molecule has 1 aliphatic carbocycles. The number of benzene rings is 1. The molecule has 0 spiro atoms. The molecule has 0 aromatic heterocycles. The van der Waals surface area contributed by atoms with Crippen LogP contribution in [-0.4, -0.2) is 18.4 Å². The smallest absolute Gasteiger partial charge is 0.316 e. The van der Waals surface area contributed by atoms with E-state index in [0.29, 0.717) is 28.5 Å². The van der Waals surface area contributed by atoms with Crippen molar-refractivity contribution in [1.29, 1.82) is 0 Å². The summed E-state index contributed by atoms with van der Waals surface area (Å²) in [7, 11) is 0. The van der Waals surface area contributed by atoms with Crippen LogP contribution in [0.15, 0.2) is 18.2 Å². The Balaban J connectivity index is 2.32. The molecule has 1 aromatic carbocycles. The minimum atomic E-state index is -0.801. The number of carbonyl (C=O) groups is 2. The molecule has 108 valence electrons. The maximum Gasteiger partial charge on any atom is 0.316 e. The van der Waals surface area contributed by atoms with E-state index in [1.165, 1.54) is 0 Å². The van der Waals surface area contributed by atoms with Gasteiger partial charge in [-0.05, 0) is 38.8 Å². The van der Waals surface area contributed by atoms with Gasteiger partial charge in [0.25, 0.3) is 0 Å². The van der Waals surface area contributed by atoms with E-state index in [9.17, 15) is 9.59 Å². The number of hydrogen-bond donors (Lipinski definition) is 0. The fourth-order valence-corrected chi connectivity index (χ4v) is 3.25. The van der Waals surface area contributed by atoms with Gasteiger partial charge in [0.2, 0.25) is 0 Å². The SMILES string of the molecule is CCOC(=O)C(C)C(=O)C1(c2c(Cl)cccc2Cl)CC1. The maximum absolute atomic E-state index is 12.6. The lowest BCUT2D eigenvalue weighted by molar-refractivity contribution is -0.151. The lowest BCUT2D eigenvalue weighted by atomic mass is 9.85. The average Bonchev–Trinajstić information content (AvgIpc) is 3.18. The Bertz CT molecular complexity index is 530. The predicted molar refractivity (Wildman–Crippen MR) is 78.2 cm³/mol. The third-order valence-corrected chi connectivity index (χ3v) is 4.33. The zero-order valence-electron chi connectivity index (χ0n) is 11.4. The highest BCUT2D eigenvalue weighted by molar-refractivity contribution is 6.37. The van der Waals surface area contributed by atoms with E-state index in [4.69, 9.17) is 27.9 Å². The molecular weight excluding hydrogens is 299 g/mol. The van der Waals surface area contributed by atoms with Gasteiger partial charge in [-0.15, -0.1) is 0 Å². The molecule has 1 aromatic rings. The summed E-state index contributed by atoms with van der Waals surface area (Å²) in [6, 6.07) is 5.17. The van der Waals surface area contributed by atoms with E-state index in [1.807, 2.05) is 0 Å². The van der Waals surface area contributed by atoms with Gasteiger partial charge in [0.15, 0.2) is 5.78 Å². The van der Waals surface area contributed by atoms with Crippen LogP contribution in [-0.2, 0) is 19.7 Å². The fraction of sp³-hybridized carbons (Fsp3) is 0.467. The topological polar surface area (TPSA) is 43.4 Å². The molecule has 1 aliphatic rings. The van der Waals surface area contributed by atoms with Crippen LogP contribution in [0.3, 0.4) is 0 Å². The van der Waals surface area contributed by atoms with Crippen LogP contribution < -0.4 is 0 Å². The molecule has 20 heavy (non-hydrogen) atoms. The highest BCUT2D eigenvalue weighted by Gasteiger charge is 2.55. The monoisotopic (exact) mass is 314 g/mol. The number of carbonyl (C=O) groups excluding carboxylic acids is 2. The number of ether oxygens (including phenoxy) is 1. The summed E-state index contributed by atoms with van der Waals surface area (Å²) in [6.07, 6.45) is 1.33. The van der Waals surface area contributed by atoms with Gasteiger partial charge in [-0.1, -0.05) is 29.3 Å². The van der Waals surface area contributed by atoms with Crippen molar-refractivity contribution >= 4 is 35.0 Å². The van der Waals surface area contributed by atoms with Crippen molar-refractivity contribution in [3.05, 3.63) is 33.8 Å². The van der Waals surface area contributed by atoms with Gasteiger partial charge >= 0.3 is 5.97 Å². The van der Waals surface area contributed by atoms with Gasteiger partial charge in [-0.2, -0.15) is 0 Å². The summed E-state index contributed by atoms with van der Waals surface area (Å²) in [5.41, 5.74) is -0.0776. The minimum absolute atomic E-state index is 0.161. The Labute approximate surface area is 128 Å². The Hall–Kier alpha value is -1.06. The first-order chi connectivity index (χ1) is 9.44. The van der Waals surface area contributed by atoms with E-state index in [-0.39, 0.29) is 12.4 Å². The molecule has 1 atom stereocenters. The fourth-order valence-electron chi connectivity index (χ4n) is 2.49. The van der Waals surface area contributed by atoms with Gasteiger partial charge in [-0.25, -0.2) is 0 Å². The molecule has 0 heterocycles. The summed E-state index contributed by atoms with van der Waals surface area (Å²) >= 11 is 12.4.